The minimum atomic E-state index is -0.829. The molecule has 0 saturated carbocycles. The van der Waals surface area contributed by atoms with E-state index in [1.807, 2.05) is 0 Å². The van der Waals surface area contributed by atoms with Crippen molar-refractivity contribution >= 4 is 22.5 Å². The number of halogens is 2. The van der Waals surface area contributed by atoms with E-state index in [2.05, 4.69) is 15.2 Å². The standard InChI is InChI=1S/C37H34F2N4O8/c1-46-29-10-13-43(25-6-3-23(38)4-7-25)37(45)33(29)36(44)41-24-5-8-28(26(39)21-24)51-30-9-11-40-27-22-31(34-35(32(27)30)50-20-19-49-34)48-16-2-12-42-14-17-47-18-15-42/h3-11,13,21-22H,2,12,14-20H2,1H3,(H,41,44). The van der Waals surface area contributed by atoms with Gasteiger partial charge in [-0.25, -0.2) is 8.78 Å². The molecule has 5 aromatic rings. The number of pyridine rings is 2. The molecule has 2 aliphatic heterocycles. The van der Waals surface area contributed by atoms with Crippen molar-refractivity contribution in [3.63, 3.8) is 0 Å². The van der Waals surface area contributed by atoms with Crippen LogP contribution < -0.4 is 34.6 Å². The van der Waals surface area contributed by atoms with Crippen molar-refractivity contribution in [2.24, 2.45) is 0 Å². The Bertz CT molecular complexity index is 2120. The SMILES string of the molecule is COc1ccn(-c2ccc(F)cc2)c(=O)c1C(=O)Nc1ccc(Oc2ccnc3cc(OCCCN4CCOCC4)c4c(c23)OCCO4)c(F)c1. The van der Waals surface area contributed by atoms with E-state index < -0.39 is 23.1 Å². The number of anilines is 1. The molecule has 0 radical (unpaired) electrons. The van der Waals surface area contributed by atoms with E-state index in [-0.39, 0.29) is 28.5 Å². The molecule has 0 unspecified atom stereocenters. The first kappa shape index (κ1) is 33.8. The van der Waals surface area contributed by atoms with E-state index in [0.717, 1.165) is 45.3 Å². The van der Waals surface area contributed by atoms with Gasteiger partial charge in [-0.3, -0.25) is 24.0 Å². The van der Waals surface area contributed by atoms with Gasteiger partial charge in [0.15, 0.2) is 23.1 Å². The summed E-state index contributed by atoms with van der Waals surface area (Å²) >= 11 is 0. The third kappa shape index (κ3) is 7.28. The highest BCUT2D eigenvalue weighted by Crippen LogP contribution is 2.48. The molecule has 2 aliphatic rings. The largest absolute Gasteiger partial charge is 0.496 e. The van der Waals surface area contributed by atoms with Crippen LogP contribution in [0.1, 0.15) is 16.8 Å². The third-order valence-electron chi connectivity index (χ3n) is 8.44. The van der Waals surface area contributed by atoms with Crippen molar-refractivity contribution in [2.75, 3.05) is 65.1 Å². The van der Waals surface area contributed by atoms with Gasteiger partial charge in [-0.2, -0.15) is 0 Å². The van der Waals surface area contributed by atoms with Gasteiger partial charge in [-0.1, -0.05) is 0 Å². The number of hydrogen-bond acceptors (Lipinski definition) is 10. The van der Waals surface area contributed by atoms with Gasteiger partial charge >= 0.3 is 0 Å². The number of nitrogens with one attached hydrogen (secondary N) is 1. The summed E-state index contributed by atoms with van der Waals surface area (Å²) in [5.74, 6) is -0.638. The second kappa shape index (κ2) is 15.0. The van der Waals surface area contributed by atoms with Crippen molar-refractivity contribution in [3.05, 3.63) is 101 Å². The number of amides is 1. The first-order chi connectivity index (χ1) is 24.9. The topological polar surface area (TPSA) is 123 Å². The molecule has 0 atom stereocenters. The van der Waals surface area contributed by atoms with Gasteiger partial charge in [-0.15, -0.1) is 0 Å². The summed E-state index contributed by atoms with van der Waals surface area (Å²) in [7, 11) is 1.32. The number of morpholine rings is 1. The van der Waals surface area contributed by atoms with E-state index in [4.69, 9.17) is 28.4 Å². The van der Waals surface area contributed by atoms with Crippen LogP contribution in [0.4, 0.5) is 14.5 Å². The van der Waals surface area contributed by atoms with Gasteiger partial charge in [0.05, 0.1) is 37.8 Å². The van der Waals surface area contributed by atoms with Crippen LogP contribution in [0.15, 0.2) is 77.9 Å². The molecule has 51 heavy (non-hydrogen) atoms. The summed E-state index contributed by atoms with van der Waals surface area (Å²) in [4.78, 5) is 33.5. The first-order valence-electron chi connectivity index (χ1n) is 16.4. The Morgan fingerprint density at radius 3 is 2.45 bits per heavy atom. The van der Waals surface area contributed by atoms with Crippen LogP contribution in [0.5, 0.6) is 34.5 Å². The molecule has 3 aromatic carbocycles. The van der Waals surface area contributed by atoms with Crippen LogP contribution in [0, 0.1) is 11.6 Å². The average molecular weight is 701 g/mol. The minimum absolute atomic E-state index is 0.0110. The molecule has 264 valence electrons. The molecule has 0 aliphatic carbocycles. The van der Waals surface area contributed by atoms with E-state index in [1.165, 1.54) is 66.5 Å². The second-order valence-corrected chi connectivity index (χ2v) is 11.7. The van der Waals surface area contributed by atoms with Crippen LogP contribution in [0.3, 0.4) is 0 Å². The summed E-state index contributed by atoms with van der Waals surface area (Å²) < 4.78 is 65.0. The smallest absolute Gasteiger partial charge is 0.271 e. The van der Waals surface area contributed by atoms with Crippen LogP contribution in [-0.4, -0.2) is 80.1 Å². The summed E-state index contributed by atoms with van der Waals surface area (Å²) in [5, 5.41) is 3.04. The molecule has 14 heteroatoms. The number of rotatable bonds is 11. The van der Waals surface area contributed by atoms with Gasteiger partial charge in [-0.05, 0) is 55.0 Å². The number of nitrogens with zero attached hydrogens (tertiary/aromatic N) is 3. The number of fused-ring (bicyclic) bond motifs is 3. The molecule has 7 rings (SSSR count). The number of benzene rings is 3. The number of aromatic nitrogens is 2. The predicted molar refractivity (Wildman–Crippen MR) is 183 cm³/mol. The average Bonchev–Trinajstić information content (AvgIpc) is 3.15. The summed E-state index contributed by atoms with van der Waals surface area (Å²) in [6, 6.07) is 13.8. The van der Waals surface area contributed by atoms with Gasteiger partial charge in [0.1, 0.15) is 36.1 Å². The van der Waals surface area contributed by atoms with Crippen molar-refractivity contribution in [1.29, 1.82) is 0 Å². The van der Waals surface area contributed by atoms with Crippen LogP contribution in [-0.2, 0) is 4.74 Å². The zero-order valence-electron chi connectivity index (χ0n) is 27.7. The fraction of sp³-hybridized carbons (Fsp3) is 0.270. The zero-order valence-corrected chi connectivity index (χ0v) is 27.7. The number of methoxy groups -OCH3 is 1. The van der Waals surface area contributed by atoms with Crippen molar-refractivity contribution in [1.82, 2.24) is 14.5 Å². The maximum Gasteiger partial charge on any atom is 0.271 e. The Morgan fingerprint density at radius 2 is 1.69 bits per heavy atom. The number of ether oxygens (including phenoxy) is 6. The highest BCUT2D eigenvalue weighted by atomic mass is 19.1. The molecule has 0 bridgehead atoms. The first-order valence-corrected chi connectivity index (χ1v) is 16.4. The molecule has 1 amide bonds. The molecule has 0 spiro atoms. The Morgan fingerprint density at radius 1 is 0.902 bits per heavy atom. The van der Waals surface area contributed by atoms with Crippen molar-refractivity contribution in [2.45, 2.75) is 6.42 Å². The minimum Gasteiger partial charge on any atom is -0.496 e. The molecular formula is C37H34F2N4O8. The molecular weight excluding hydrogens is 666 g/mol. The van der Waals surface area contributed by atoms with Crippen LogP contribution in [0.2, 0.25) is 0 Å². The lowest BCUT2D eigenvalue weighted by molar-refractivity contribution is 0.0357. The monoisotopic (exact) mass is 700 g/mol. The van der Waals surface area contributed by atoms with Gasteiger partial charge in [0.25, 0.3) is 11.5 Å². The second-order valence-electron chi connectivity index (χ2n) is 11.7. The lowest BCUT2D eigenvalue weighted by atomic mass is 10.1. The molecule has 4 heterocycles. The Balaban J connectivity index is 1.10. The molecule has 2 aromatic heterocycles. The maximum absolute atomic E-state index is 15.5. The van der Waals surface area contributed by atoms with Crippen molar-refractivity contribution < 1.29 is 42.0 Å². The van der Waals surface area contributed by atoms with Crippen LogP contribution >= 0.6 is 0 Å². The molecule has 1 fully saturated rings. The number of hydrogen-bond donors (Lipinski definition) is 1. The third-order valence-corrected chi connectivity index (χ3v) is 8.44. The zero-order chi connectivity index (χ0) is 35.3. The van der Waals surface area contributed by atoms with E-state index in [1.54, 1.807) is 12.1 Å². The van der Waals surface area contributed by atoms with Gasteiger partial charge in [0.2, 0.25) is 5.75 Å². The lowest BCUT2D eigenvalue weighted by Gasteiger charge is -2.26. The summed E-state index contributed by atoms with van der Waals surface area (Å²) in [5.41, 5.74) is -0.115. The van der Waals surface area contributed by atoms with Crippen LogP contribution in [0.25, 0.3) is 16.6 Å². The fourth-order valence-electron chi connectivity index (χ4n) is 5.94. The number of carbonyl (C=O) groups is 1. The summed E-state index contributed by atoms with van der Waals surface area (Å²) in [6.07, 6.45) is 3.76. The lowest BCUT2D eigenvalue weighted by Crippen LogP contribution is -2.37. The highest BCUT2D eigenvalue weighted by Gasteiger charge is 2.26. The normalized spacial score (nSPS) is 14.3. The quantitative estimate of drug-likeness (QED) is 0.175. The molecule has 1 saturated heterocycles. The van der Waals surface area contributed by atoms with E-state index in [9.17, 15) is 14.0 Å². The van der Waals surface area contributed by atoms with E-state index >= 15 is 4.39 Å². The molecule has 12 nitrogen and oxygen atoms in total. The number of carbonyl (C=O) groups excluding carboxylic acids is 1. The van der Waals surface area contributed by atoms with Crippen molar-refractivity contribution in [3.8, 4) is 40.2 Å². The summed E-state index contributed by atoms with van der Waals surface area (Å²) in [6.45, 7) is 5.24. The van der Waals surface area contributed by atoms with Gasteiger partial charge in [0, 0.05) is 55.5 Å². The maximum atomic E-state index is 15.5. The Hall–Kier alpha value is -5.73. The Labute approximate surface area is 291 Å². The predicted octanol–water partition coefficient (Wildman–Crippen LogP) is 5.59. The molecule has 1 N–H and O–H groups in total. The fourth-order valence-corrected chi connectivity index (χ4v) is 5.94. The van der Waals surface area contributed by atoms with E-state index in [0.29, 0.717) is 53.7 Å². The highest BCUT2D eigenvalue weighted by molar-refractivity contribution is 6.06. The van der Waals surface area contributed by atoms with Gasteiger partial charge < -0.3 is 33.7 Å². The Kier molecular flexibility index (Phi) is 9.94.